The van der Waals surface area contributed by atoms with Crippen molar-refractivity contribution in [2.45, 2.75) is 17.1 Å². The molecule has 0 bridgehead atoms. The summed E-state index contributed by atoms with van der Waals surface area (Å²) in [6, 6.07) is 4.76. The molecule has 2 aromatic rings. The zero-order chi connectivity index (χ0) is 16.2. The largest absolute Gasteiger partial charge is 0.497 e. The molecule has 118 valence electrons. The lowest BCUT2D eigenvalue weighted by Crippen LogP contribution is -2.30. The van der Waals surface area contributed by atoms with E-state index in [1.807, 2.05) is 0 Å². The number of nitrogens with one attached hydrogen (secondary N) is 1. The summed E-state index contributed by atoms with van der Waals surface area (Å²) in [5, 5.41) is 0. The van der Waals surface area contributed by atoms with Gasteiger partial charge in [-0.15, -0.1) is 0 Å². The van der Waals surface area contributed by atoms with Crippen molar-refractivity contribution in [3.05, 3.63) is 54.1 Å². The van der Waals surface area contributed by atoms with Crippen molar-refractivity contribution >= 4 is 11.9 Å². The zero-order valence-electron chi connectivity index (χ0n) is 11.4. The van der Waals surface area contributed by atoms with Crippen LogP contribution in [0, 0.1) is 5.82 Å². The lowest BCUT2D eigenvalue weighted by atomic mass is 10.1. The Morgan fingerprint density at radius 2 is 1.86 bits per heavy atom. The number of ether oxygens (including phenoxy) is 1. The van der Waals surface area contributed by atoms with Crippen molar-refractivity contribution in [1.82, 2.24) is 9.71 Å². The van der Waals surface area contributed by atoms with Crippen LogP contribution in [0.4, 0.5) is 17.6 Å². The second-order valence-electron chi connectivity index (χ2n) is 4.31. The molecule has 0 fully saturated rings. The van der Waals surface area contributed by atoms with Gasteiger partial charge < -0.3 is 4.74 Å². The summed E-state index contributed by atoms with van der Waals surface area (Å²) in [6.45, 7) is 0. The average molecular weight is 332 g/mol. The minimum absolute atomic E-state index is 0.0326. The third-order valence-corrected chi connectivity index (χ3v) is 3.56. The predicted octanol–water partition coefficient (Wildman–Crippen LogP) is 4.13. The number of halogens is 4. The van der Waals surface area contributed by atoms with Crippen molar-refractivity contribution in [2.24, 2.45) is 0 Å². The van der Waals surface area contributed by atoms with E-state index in [4.69, 9.17) is 4.74 Å². The van der Waals surface area contributed by atoms with Gasteiger partial charge in [-0.2, -0.15) is 13.2 Å². The molecule has 2 rings (SSSR count). The Balaban J connectivity index is 2.16. The molecule has 1 aromatic heterocycles. The second kappa shape index (κ2) is 6.97. The minimum Gasteiger partial charge on any atom is -0.497 e. The molecule has 8 heteroatoms. The molecule has 0 aliphatic heterocycles. The van der Waals surface area contributed by atoms with Crippen LogP contribution >= 0.6 is 11.9 Å². The normalized spacial score (nSPS) is 13.0. The van der Waals surface area contributed by atoms with E-state index >= 15 is 0 Å². The van der Waals surface area contributed by atoms with Gasteiger partial charge in [0.2, 0.25) is 0 Å². The van der Waals surface area contributed by atoms with Gasteiger partial charge >= 0.3 is 6.18 Å². The van der Waals surface area contributed by atoms with Crippen LogP contribution in [0.3, 0.4) is 0 Å². The molecule has 0 aliphatic rings. The Kier molecular flexibility index (Phi) is 5.25. The monoisotopic (exact) mass is 332 g/mol. The molecular formula is C14H12F4N2OS. The van der Waals surface area contributed by atoms with Gasteiger partial charge in [-0.25, -0.2) is 9.11 Å². The first-order chi connectivity index (χ1) is 10.4. The summed E-state index contributed by atoms with van der Waals surface area (Å²) >= 11 is 0.671. The third-order valence-electron chi connectivity index (χ3n) is 2.75. The highest BCUT2D eigenvalue weighted by molar-refractivity contribution is 7.97. The van der Waals surface area contributed by atoms with Crippen molar-refractivity contribution in [1.29, 1.82) is 0 Å². The van der Waals surface area contributed by atoms with Gasteiger partial charge in [0.05, 0.1) is 13.3 Å². The molecule has 0 radical (unpaired) electrons. The summed E-state index contributed by atoms with van der Waals surface area (Å²) in [7, 11) is 1.43. The quantitative estimate of drug-likeness (QED) is 0.659. The van der Waals surface area contributed by atoms with Crippen LogP contribution < -0.4 is 9.46 Å². The molecule has 0 spiro atoms. The highest BCUT2D eigenvalue weighted by Crippen LogP contribution is 2.35. The van der Waals surface area contributed by atoms with Gasteiger partial charge in [0.25, 0.3) is 0 Å². The van der Waals surface area contributed by atoms with E-state index in [2.05, 4.69) is 9.71 Å². The summed E-state index contributed by atoms with van der Waals surface area (Å²) in [6.07, 6.45) is -2.24. The fourth-order valence-electron chi connectivity index (χ4n) is 1.70. The Morgan fingerprint density at radius 1 is 1.18 bits per heavy atom. The zero-order valence-corrected chi connectivity index (χ0v) is 12.2. The lowest BCUT2D eigenvalue weighted by Gasteiger charge is -2.21. The lowest BCUT2D eigenvalue weighted by molar-refractivity contribution is -0.152. The van der Waals surface area contributed by atoms with Gasteiger partial charge in [0.1, 0.15) is 17.6 Å². The highest BCUT2D eigenvalue weighted by atomic mass is 32.2. The number of alkyl halides is 3. The molecule has 1 N–H and O–H groups in total. The minimum atomic E-state index is -4.50. The van der Waals surface area contributed by atoms with Crippen LogP contribution in [0.15, 0.2) is 47.6 Å². The number of nitrogens with zero attached hydrogens (tertiary/aromatic N) is 1. The average Bonchev–Trinajstić information content (AvgIpc) is 2.47. The fourth-order valence-corrected chi connectivity index (χ4v) is 2.50. The van der Waals surface area contributed by atoms with E-state index in [0.717, 1.165) is 12.3 Å². The molecule has 1 heterocycles. The van der Waals surface area contributed by atoms with Crippen molar-refractivity contribution in [2.75, 3.05) is 7.11 Å². The van der Waals surface area contributed by atoms with Gasteiger partial charge in [0, 0.05) is 11.1 Å². The smallest absolute Gasteiger partial charge is 0.408 e. The summed E-state index contributed by atoms with van der Waals surface area (Å²) in [5.74, 6) is -0.147. The molecule has 0 aliphatic carbocycles. The Morgan fingerprint density at radius 3 is 2.41 bits per heavy atom. The molecule has 1 aromatic carbocycles. The van der Waals surface area contributed by atoms with Crippen LogP contribution in [0.1, 0.15) is 11.6 Å². The number of methoxy groups -OCH3 is 1. The number of hydrogen-bond donors (Lipinski definition) is 1. The molecule has 0 amide bonds. The van der Waals surface area contributed by atoms with Crippen molar-refractivity contribution in [3.63, 3.8) is 0 Å². The number of benzene rings is 1. The van der Waals surface area contributed by atoms with Crippen LogP contribution in [0.25, 0.3) is 0 Å². The molecule has 1 unspecified atom stereocenters. The van der Waals surface area contributed by atoms with E-state index < -0.39 is 18.0 Å². The third kappa shape index (κ3) is 4.35. The van der Waals surface area contributed by atoms with Crippen LogP contribution in [-0.2, 0) is 0 Å². The maximum atomic E-state index is 13.2. The van der Waals surface area contributed by atoms with Crippen LogP contribution in [0.2, 0.25) is 0 Å². The Hall–Kier alpha value is -1.80. The Bertz CT molecular complexity index is 619. The maximum absolute atomic E-state index is 13.2. The van der Waals surface area contributed by atoms with Gasteiger partial charge in [-0.05, 0) is 35.7 Å². The number of pyridine rings is 1. The number of hydrogen-bond acceptors (Lipinski definition) is 4. The van der Waals surface area contributed by atoms with Gasteiger partial charge in [-0.1, -0.05) is 12.1 Å². The number of rotatable bonds is 5. The highest BCUT2D eigenvalue weighted by Gasteiger charge is 2.40. The first-order valence-corrected chi connectivity index (χ1v) is 6.95. The molecule has 3 nitrogen and oxygen atoms in total. The molecule has 0 saturated carbocycles. The maximum Gasteiger partial charge on any atom is 0.408 e. The number of aromatic nitrogens is 1. The van der Waals surface area contributed by atoms with E-state index in [9.17, 15) is 17.6 Å². The first kappa shape index (κ1) is 16.6. The molecule has 22 heavy (non-hydrogen) atoms. The van der Waals surface area contributed by atoms with Crippen LogP contribution in [-0.4, -0.2) is 18.3 Å². The molecular weight excluding hydrogens is 320 g/mol. The summed E-state index contributed by atoms with van der Waals surface area (Å²) in [5.41, 5.74) is 0.0326. The summed E-state index contributed by atoms with van der Waals surface area (Å²) < 4.78 is 59.7. The summed E-state index contributed by atoms with van der Waals surface area (Å²) in [4.78, 5) is 3.84. The van der Waals surface area contributed by atoms with E-state index in [-0.39, 0.29) is 10.5 Å². The predicted molar refractivity (Wildman–Crippen MR) is 75.0 cm³/mol. The SMILES string of the molecule is COc1ccc(C(NSc2cncc(F)c2)C(F)(F)F)cc1. The molecule has 0 saturated heterocycles. The van der Waals surface area contributed by atoms with E-state index in [0.29, 0.717) is 17.7 Å². The van der Waals surface area contributed by atoms with Crippen molar-refractivity contribution in [3.8, 4) is 5.75 Å². The van der Waals surface area contributed by atoms with E-state index in [1.165, 1.54) is 37.6 Å². The van der Waals surface area contributed by atoms with Gasteiger partial charge in [0.15, 0.2) is 0 Å². The fraction of sp³-hybridized carbons (Fsp3) is 0.214. The molecule has 1 atom stereocenters. The first-order valence-electron chi connectivity index (χ1n) is 6.14. The topological polar surface area (TPSA) is 34.1 Å². The van der Waals surface area contributed by atoms with Crippen molar-refractivity contribution < 1.29 is 22.3 Å². The Labute approximate surface area is 128 Å². The van der Waals surface area contributed by atoms with Crippen LogP contribution in [0.5, 0.6) is 5.75 Å². The second-order valence-corrected chi connectivity index (χ2v) is 5.22. The van der Waals surface area contributed by atoms with E-state index in [1.54, 1.807) is 0 Å². The van der Waals surface area contributed by atoms with Gasteiger partial charge in [-0.3, -0.25) is 4.98 Å². The standard InChI is InChI=1S/C14H12F4N2OS/c1-21-11-4-2-9(3-5-11)13(14(16,17)18)20-22-12-6-10(15)7-19-8-12/h2-8,13,20H,1H3.